The van der Waals surface area contributed by atoms with E-state index in [1.54, 1.807) is 54.9 Å². The van der Waals surface area contributed by atoms with E-state index in [-0.39, 0.29) is 11.3 Å². The third-order valence-corrected chi connectivity index (χ3v) is 5.61. The molecule has 1 fully saturated rings. The maximum atomic E-state index is 13.2. The molecule has 30 heavy (non-hydrogen) atoms. The lowest BCUT2D eigenvalue weighted by Gasteiger charge is -2.27. The molecule has 1 unspecified atom stereocenters. The Kier molecular flexibility index (Phi) is 5.14. The van der Waals surface area contributed by atoms with Crippen molar-refractivity contribution in [2.24, 2.45) is 0 Å². The van der Waals surface area contributed by atoms with E-state index in [1.165, 1.54) is 4.90 Å². The van der Waals surface area contributed by atoms with Gasteiger partial charge >= 0.3 is 0 Å². The number of benzene rings is 2. The molecule has 1 aromatic heterocycles. The maximum absolute atomic E-state index is 13.2. The third-order valence-electron chi connectivity index (χ3n) is 5.38. The van der Waals surface area contributed by atoms with Crippen LogP contribution in [0.5, 0.6) is 0 Å². The largest absolute Gasteiger partial charge is 0.507 e. The summed E-state index contributed by atoms with van der Waals surface area (Å²) in [7, 11) is 0. The zero-order valence-electron chi connectivity index (χ0n) is 16.5. The highest BCUT2D eigenvalue weighted by Gasteiger charge is 2.47. The minimum atomic E-state index is -0.807. The smallest absolute Gasteiger partial charge is 0.300 e. The van der Waals surface area contributed by atoms with Crippen LogP contribution in [0, 0.1) is 13.8 Å². The Morgan fingerprint density at radius 2 is 1.83 bits per heavy atom. The molecule has 0 saturated carbocycles. The molecule has 1 saturated heterocycles. The standard InChI is InChI=1S/C24H19ClN2O3/c1-14-6-3-10-19(15(14)2)27-21(17-8-5-11-26-13-17)20(23(29)24(27)30)22(28)16-7-4-9-18(25)12-16/h3-13,21,28H,1-2H3/b22-20+. The number of pyridine rings is 1. The van der Waals surface area contributed by atoms with Gasteiger partial charge in [0.15, 0.2) is 0 Å². The van der Waals surface area contributed by atoms with Crippen molar-refractivity contribution in [2.45, 2.75) is 19.9 Å². The number of amides is 1. The van der Waals surface area contributed by atoms with Crippen molar-refractivity contribution in [3.8, 4) is 0 Å². The molecule has 0 spiro atoms. The summed E-state index contributed by atoms with van der Waals surface area (Å²) in [4.78, 5) is 31.9. The summed E-state index contributed by atoms with van der Waals surface area (Å²) in [5.74, 6) is -1.71. The van der Waals surface area contributed by atoms with E-state index in [4.69, 9.17) is 11.6 Å². The quantitative estimate of drug-likeness (QED) is 0.370. The number of hydrogen-bond acceptors (Lipinski definition) is 4. The molecule has 3 aromatic rings. The van der Waals surface area contributed by atoms with E-state index < -0.39 is 17.7 Å². The Morgan fingerprint density at radius 1 is 1.07 bits per heavy atom. The van der Waals surface area contributed by atoms with Crippen LogP contribution in [0.4, 0.5) is 5.69 Å². The van der Waals surface area contributed by atoms with Gasteiger partial charge in [0.05, 0.1) is 11.6 Å². The van der Waals surface area contributed by atoms with Crippen molar-refractivity contribution >= 4 is 34.7 Å². The van der Waals surface area contributed by atoms with Gasteiger partial charge in [-0.15, -0.1) is 0 Å². The highest BCUT2D eigenvalue weighted by Crippen LogP contribution is 2.43. The van der Waals surface area contributed by atoms with Gasteiger partial charge in [-0.25, -0.2) is 0 Å². The molecule has 1 amide bonds. The molecule has 6 heteroatoms. The summed E-state index contributed by atoms with van der Waals surface area (Å²) in [5, 5.41) is 11.5. The van der Waals surface area contributed by atoms with E-state index in [9.17, 15) is 14.7 Å². The third kappa shape index (κ3) is 3.27. The van der Waals surface area contributed by atoms with E-state index in [0.29, 0.717) is 21.8 Å². The second kappa shape index (κ2) is 7.76. The van der Waals surface area contributed by atoms with Crippen molar-refractivity contribution in [1.29, 1.82) is 0 Å². The van der Waals surface area contributed by atoms with Crippen LogP contribution in [0.1, 0.15) is 28.3 Å². The van der Waals surface area contributed by atoms with Crippen molar-refractivity contribution in [1.82, 2.24) is 4.98 Å². The lowest BCUT2D eigenvalue weighted by atomic mass is 9.95. The van der Waals surface area contributed by atoms with Gasteiger partial charge < -0.3 is 5.11 Å². The number of carbonyl (C=O) groups excluding carboxylic acids is 2. The SMILES string of the molecule is Cc1cccc(N2C(=O)C(=O)/C(=C(/O)c3cccc(Cl)c3)C2c2cccnc2)c1C. The number of rotatable bonds is 3. The molecule has 0 aliphatic carbocycles. The second-order valence-corrected chi connectivity index (χ2v) is 7.62. The van der Waals surface area contributed by atoms with Gasteiger partial charge in [-0.3, -0.25) is 19.5 Å². The molecule has 1 atom stereocenters. The van der Waals surface area contributed by atoms with Gasteiger partial charge in [0.2, 0.25) is 0 Å². The summed E-state index contributed by atoms with van der Waals surface area (Å²) in [5.41, 5.74) is 3.51. The number of halogens is 1. The molecule has 2 heterocycles. The average Bonchev–Trinajstić information content (AvgIpc) is 3.01. The Balaban J connectivity index is 1.99. The van der Waals surface area contributed by atoms with Crippen molar-refractivity contribution < 1.29 is 14.7 Å². The lowest BCUT2D eigenvalue weighted by molar-refractivity contribution is -0.132. The second-order valence-electron chi connectivity index (χ2n) is 7.18. The lowest BCUT2D eigenvalue weighted by Crippen LogP contribution is -2.30. The van der Waals surface area contributed by atoms with Gasteiger partial charge in [-0.2, -0.15) is 0 Å². The van der Waals surface area contributed by atoms with Crippen LogP contribution in [0.3, 0.4) is 0 Å². The van der Waals surface area contributed by atoms with E-state index >= 15 is 0 Å². The Morgan fingerprint density at radius 3 is 2.53 bits per heavy atom. The van der Waals surface area contributed by atoms with Crippen LogP contribution in [-0.2, 0) is 9.59 Å². The van der Waals surface area contributed by atoms with Crippen molar-refractivity contribution in [3.63, 3.8) is 0 Å². The predicted molar refractivity (Wildman–Crippen MR) is 116 cm³/mol. The molecular formula is C24H19ClN2O3. The van der Waals surface area contributed by atoms with Gasteiger partial charge in [-0.1, -0.05) is 41.9 Å². The number of ketones is 1. The molecule has 1 aliphatic heterocycles. The molecule has 150 valence electrons. The minimum absolute atomic E-state index is 0.0103. The molecule has 1 N–H and O–H groups in total. The Hall–Kier alpha value is -3.44. The summed E-state index contributed by atoms with van der Waals surface area (Å²) in [6.07, 6.45) is 3.21. The highest BCUT2D eigenvalue weighted by molar-refractivity contribution is 6.51. The number of aliphatic hydroxyl groups is 1. The number of aliphatic hydroxyl groups excluding tert-OH is 1. The van der Waals surface area contributed by atoms with E-state index in [2.05, 4.69) is 4.98 Å². The molecule has 5 nitrogen and oxygen atoms in total. The van der Waals surface area contributed by atoms with Crippen LogP contribution in [0.2, 0.25) is 5.02 Å². The summed E-state index contributed by atoms with van der Waals surface area (Å²) in [6, 6.07) is 14.9. The summed E-state index contributed by atoms with van der Waals surface area (Å²) in [6.45, 7) is 3.85. The number of carbonyl (C=O) groups is 2. The predicted octanol–water partition coefficient (Wildman–Crippen LogP) is 4.98. The number of aromatic nitrogens is 1. The molecule has 0 bridgehead atoms. The van der Waals surface area contributed by atoms with Gasteiger partial charge in [0.1, 0.15) is 5.76 Å². The monoisotopic (exact) mass is 418 g/mol. The molecule has 2 aromatic carbocycles. The highest BCUT2D eigenvalue weighted by atomic mass is 35.5. The normalized spacial score (nSPS) is 18.1. The molecule has 4 rings (SSSR count). The zero-order valence-corrected chi connectivity index (χ0v) is 17.2. The minimum Gasteiger partial charge on any atom is -0.507 e. The van der Waals surface area contributed by atoms with Gasteiger partial charge in [-0.05, 0) is 54.8 Å². The van der Waals surface area contributed by atoms with Crippen LogP contribution in [-0.4, -0.2) is 21.8 Å². The average molecular weight is 419 g/mol. The summed E-state index contributed by atoms with van der Waals surface area (Å²) < 4.78 is 0. The molecular weight excluding hydrogens is 400 g/mol. The van der Waals surface area contributed by atoms with E-state index in [0.717, 1.165) is 11.1 Å². The zero-order chi connectivity index (χ0) is 21.4. The topological polar surface area (TPSA) is 70.5 Å². The van der Waals surface area contributed by atoms with Crippen LogP contribution in [0.15, 0.2) is 72.6 Å². The fourth-order valence-electron chi connectivity index (χ4n) is 3.72. The van der Waals surface area contributed by atoms with Crippen molar-refractivity contribution in [3.05, 3.63) is 99.8 Å². The van der Waals surface area contributed by atoms with E-state index in [1.807, 2.05) is 26.0 Å². The first-order chi connectivity index (χ1) is 14.4. The fourth-order valence-corrected chi connectivity index (χ4v) is 3.91. The fraction of sp³-hybridized carbons (Fsp3) is 0.125. The molecule has 1 aliphatic rings. The number of aryl methyl sites for hydroxylation is 1. The number of Topliss-reactive ketones (excluding diaryl/α,β-unsaturated/α-hetero) is 1. The number of hydrogen-bond donors (Lipinski definition) is 1. The van der Waals surface area contributed by atoms with Crippen molar-refractivity contribution in [2.75, 3.05) is 4.90 Å². The molecule has 0 radical (unpaired) electrons. The Bertz CT molecular complexity index is 1190. The number of anilines is 1. The maximum Gasteiger partial charge on any atom is 0.300 e. The van der Waals surface area contributed by atoms with Crippen LogP contribution < -0.4 is 4.90 Å². The van der Waals surface area contributed by atoms with Gasteiger partial charge in [0, 0.05) is 28.7 Å². The first-order valence-electron chi connectivity index (χ1n) is 9.43. The van der Waals surface area contributed by atoms with Gasteiger partial charge in [0.25, 0.3) is 11.7 Å². The van der Waals surface area contributed by atoms with Crippen LogP contribution in [0.25, 0.3) is 5.76 Å². The first kappa shape index (κ1) is 19.9. The van der Waals surface area contributed by atoms with Crippen LogP contribution >= 0.6 is 11.6 Å². The first-order valence-corrected chi connectivity index (χ1v) is 9.81. The number of nitrogens with zero attached hydrogens (tertiary/aromatic N) is 2. The Labute approximate surface area is 179 Å². The summed E-state index contributed by atoms with van der Waals surface area (Å²) >= 11 is 6.07.